The number of rotatable bonds is 4. The second kappa shape index (κ2) is 8.75. The van der Waals surface area contributed by atoms with Crippen LogP contribution >= 0.6 is 0 Å². The minimum absolute atomic E-state index is 0.0728. The molecule has 0 radical (unpaired) electrons. The van der Waals surface area contributed by atoms with Crippen LogP contribution in [-0.4, -0.2) is 51.5 Å². The number of benzene rings is 2. The zero-order valence-electron chi connectivity index (χ0n) is 19.1. The molecule has 0 saturated carbocycles. The lowest BCUT2D eigenvalue weighted by Crippen LogP contribution is -2.49. The van der Waals surface area contributed by atoms with Gasteiger partial charge in [0, 0.05) is 55.7 Å². The Balaban J connectivity index is 1.21. The Hall–Kier alpha value is -3.82. The first-order chi connectivity index (χ1) is 16.7. The lowest BCUT2D eigenvalue weighted by Gasteiger charge is -2.36. The third-order valence-corrected chi connectivity index (χ3v) is 6.49. The molecule has 7 nitrogen and oxygen atoms in total. The molecule has 3 heterocycles. The molecule has 5 rings (SSSR count). The number of halogens is 3. The smallest absolute Gasteiger partial charge is 0.368 e. The molecule has 1 saturated heterocycles. The number of nitrogens with one attached hydrogen (secondary N) is 1. The van der Waals surface area contributed by atoms with E-state index in [1.165, 1.54) is 23.0 Å². The van der Waals surface area contributed by atoms with Crippen LogP contribution in [0.2, 0.25) is 0 Å². The van der Waals surface area contributed by atoms with Gasteiger partial charge in [0.25, 0.3) is 5.56 Å². The molecule has 0 aliphatic carbocycles. The van der Waals surface area contributed by atoms with E-state index in [1.807, 2.05) is 30.0 Å². The lowest BCUT2D eigenvalue weighted by molar-refractivity contribution is -0.137. The van der Waals surface area contributed by atoms with Gasteiger partial charge in [0.1, 0.15) is 11.0 Å². The summed E-state index contributed by atoms with van der Waals surface area (Å²) in [6.45, 7) is 4.18. The van der Waals surface area contributed by atoms with Crippen molar-refractivity contribution in [1.82, 2.24) is 19.4 Å². The first kappa shape index (κ1) is 22.9. The standard InChI is InChI=1S/C25H24F3N5O2/c1-16-2-7-20-19(14-16)22-23(30-20)24(35)33(15-29-22)9-8-21(34)32-12-10-31(11-13-32)18-5-3-17(4-6-18)25(26,27)28/h2-7,14-15,30H,8-13H2,1H3. The van der Waals surface area contributed by atoms with Crippen molar-refractivity contribution in [2.75, 3.05) is 31.1 Å². The van der Waals surface area contributed by atoms with Gasteiger partial charge >= 0.3 is 6.18 Å². The third-order valence-electron chi connectivity index (χ3n) is 6.49. The number of aryl methyl sites for hydroxylation is 2. The molecular formula is C25H24F3N5O2. The zero-order chi connectivity index (χ0) is 24.7. The molecule has 0 spiro atoms. The SMILES string of the molecule is Cc1ccc2[nH]c3c(=O)n(CCC(=O)N4CCN(c5ccc(C(F)(F)F)cc5)CC4)cnc3c2c1. The van der Waals surface area contributed by atoms with Crippen molar-refractivity contribution in [1.29, 1.82) is 0 Å². The van der Waals surface area contributed by atoms with E-state index < -0.39 is 11.7 Å². The highest BCUT2D eigenvalue weighted by Gasteiger charge is 2.30. The minimum atomic E-state index is -4.36. The summed E-state index contributed by atoms with van der Waals surface area (Å²) >= 11 is 0. The molecule has 1 aliphatic heterocycles. The van der Waals surface area contributed by atoms with E-state index in [9.17, 15) is 22.8 Å². The van der Waals surface area contributed by atoms with E-state index in [2.05, 4.69) is 9.97 Å². The van der Waals surface area contributed by atoms with Crippen LogP contribution in [0.15, 0.2) is 53.6 Å². The van der Waals surface area contributed by atoms with Crippen molar-refractivity contribution in [3.63, 3.8) is 0 Å². The molecule has 1 N–H and O–H groups in total. The number of alkyl halides is 3. The van der Waals surface area contributed by atoms with Crippen molar-refractivity contribution in [2.24, 2.45) is 0 Å². The number of fused-ring (bicyclic) bond motifs is 3. The van der Waals surface area contributed by atoms with E-state index in [4.69, 9.17) is 0 Å². The Labute approximate surface area is 198 Å². The van der Waals surface area contributed by atoms with E-state index in [0.29, 0.717) is 42.9 Å². The van der Waals surface area contributed by atoms with E-state index in [1.54, 1.807) is 4.90 Å². The predicted octanol–water partition coefficient (Wildman–Crippen LogP) is 3.94. The summed E-state index contributed by atoms with van der Waals surface area (Å²) < 4.78 is 39.8. The third kappa shape index (κ3) is 4.48. The molecule has 4 aromatic rings. The van der Waals surface area contributed by atoms with Gasteiger partial charge in [0.15, 0.2) is 0 Å². The van der Waals surface area contributed by atoms with Gasteiger partial charge in [-0.2, -0.15) is 13.2 Å². The highest BCUT2D eigenvalue weighted by molar-refractivity contribution is 6.04. The van der Waals surface area contributed by atoms with E-state index in [0.717, 1.165) is 28.6 Å². The van der Waals surface area contributed by atoms with Gasteiger partial charge < -0.3 is 14.8 Å². The summed E-state index contributed by atoms with van der Waals surface area (Å²) in [5.74, 6) is -0.0728. The second-order valence-corrected chi connectivity index (χ2v) is 8.80. The van der Waals surface area contributed by atoms with Crippen molar-refractivity contribution in [3.8, 4) is 0 Å². The maximum atomic E-state index is 12.9. The predicted molar refractivity (Wildman–Crippen MR) is 127 cm³/mol. The molecule has 0 unspecified atom stereocenters. The topological polar surface area (TPSA) is 74.2 Å². The summed E-state index contributed by atoms with van der Waals surface area (Å²) in [5, 5.41) is 0.895. The Morgan fingerprint density at radius 3 is 2.46 bits per heavy atom. The van der Waals surface area contributed by atoms with Gasteiger partial charge in [-0.05, 0) is 43.3 Å². The van der Waals surface area contributed by atoms with Crippen LogP contribution in [0.25, 0.3) is 21.9 Å². The number of piperazine rings is 1. The van der Waals surface area contributed by atoms with Crippen LogP contribution in [0, 0.1) is 6.92 Å². The first-order valence-electron chi connectivity index (χ1n) is 11.4. The van der Waals surface area contributed by atoms with Gasteiger partial charge in [0.2, 0.25) is 5.91 Å². The minimum Gasteiger partial charge on any atom is -0.368 e. The number of aromatic amines is 1. The van der Waals surface area contributed by atoms with Crippen molar-refractivity contribution in [3.05, 3.63) is 70.3 Å². The quantitative estimate of drug-likeness (QED) is 0.477. The average molecular weight is 483 g/mol. The fourth-order valence-electron chi connectivity index (χ4n) is 4.51. The van der Waals surface area contributed by atoms with Gasteiger partial charge in [0.05, 0.1) is 11.9 Å². The Kier molecular flexibility index (Phi) is 5.74. The second-order valence-electron chi connectivity index (χ2n) is 8.80. The van der Waals surface area contributed by atoms with Gasteiger partial charge in [-0.3, -0.25) is 14.2 Å². The number of aromatic nitrogens is 3. The molecule has 1 aliphatic rings. The summed E-state index contributed by atoms with van der Waals surface area (Å²) in [5.41, 5.74) is 2.76. The summed E-state index contributed by atoms with van der Waals surface area (Å²) in [6, 6.07) is 10.9. The normalized spacial score (nSPS) is 14.7. The molecule has 0 bridgehead atoms. The number of carbonyl (C=O) groups excluding carboxylic acids is 1. The number of hydrogen-bond acceptors (Lipinski definition) is 4. The number of H-pyrrole nitrogens is 1. The van der Waals surface area contributed by atoms with Gasteiger partial charge in [-0.15, -0.1) is 0 Å². The Morgan fingerprint density at radius 1 is 1.06 bits per heavy atom. The van der Waals surface area contributed by atoms with Crippen LogP contribution < -0.4 is 10.5 Å². The molecule has 182 valence electrons. The number of carbonyl (C=O) groups is 1. The zero-order valence-corrected chi connectivity index (χ0v) is 19.1. The number of amides is 1. The molecular weight excluding hydrogens is 459 g/mol. The molecule has 10 heteroatoms. The fraction of sp³-hybridized carbons (Fsp3) is 0.320. The number of hydrogen-bond donors (Lipinski definition) is 1. The summed E-state index contributed by atoms with van der Waals surface area (Å²) in [6.07, 6.45) is -2.72. The first-order valence-corrected chi connectivity index (χ1v) is 11.4. The monoisotopic (exact) mass is 483 g/mol. The number of nitrogens with zero attached hydrogens (tertiary/aromatic N) is 4. The van der Waals surface area contributed by atoms with Gasteiger partial charge in [-0.1, -0.05) is 11.6 Å². The largest absolute Gasteiger partial charge is 0.416 e. The van der Waals surface area contributed by atoms with Crippen molar-refractivity contribution < 1.29 is 18.0 Å². The van der Waals surface area contributed by atoms with Crippen LogP contribution in [0.3, 0.4) is 0 Å². The molecule has 35 heavy (non-hydrogen) atoms. The maximum absolute atomic E-state index is 12.9. The molecule has 1 fully saturated rings. The van der Waals surface area contributed by atoms with Crippen molar-refractivity contribution >= 4 is 33.5 Å². The number of anilines is 1. The van der Waals surface area contributed by atoms with E-state index in [-0.39, 0.29) is 24.4 Å². The summed E-state index contributed by atoms with van der Waals surface area (Å²) in [4.78, 5) is 37.0. The molecule has 2 aromatic heterocycles. The Morgan fingerprint density at radius 2 is 1.77 bits per heavy atom. The average Bonchev–Trinajstić information content (AvgIpc) is 3.22. The van der Waals surface area contributed by atoms with E-state index >= 15 is 0 Å². The maximum Gasteiger partial charge on any atom is 0.416 e. The molecule has 1 amide bonds. The lowest BCUT2D eigenvalue weighted by atomic mass is 10.1. The van der Waals surface area contributed by atoms with Crippen LogP contribution in [0.5, 0.6) is 0 Å². The fourth-order valence-corrected chi connectivity index (χ4v) is 4.51. The van der Waals surface area contributed by atoms with Crippen LogP contribution in [0.1, 0.15) is 17.5 Å². The van der Waals surface area contributed by atoms with Crippen LogP contribution in [-0.2, 0) is 17.5 Å². The highest BCUT2D eigenvalue weighted by Crippen LogP contribution is 2.30. The molecule has 0 atom stereocenters. The van der Waals surface area contributed by atoms with Crippen LogP contribution in [0.4, 0.5) is 18.9 Å². The Bertz CT molecular complexity index is 1450. The highest BCUT2D eigenvalue weighted by atomic mass is 19.4. The molecule has 2 aromatic carbocycles. The summed E-state index contributed by atoms with van der Waals surface area (Å²) in [7, 11) is 0. The van der Waals surface area contributed by atoms with Crippen molar-refractivity contribution in [2.45, 2.75) is 26.1 Å². The van der Waals surface area contributed by atoms with Gasteiger partial charge in [-0.25, -0.2) is 4.98 Å².